The Morgan fingerprint density at radius 2 is 2.16 bits per heavy atom. The van der Waals surface area contributed by atoms with Crippen molar-refractivity contribution in [2.75, 3.05) is 11.0 Å². The van der Waals surface area contributed by atoms with Gasteiger partial charge in [0.15, 0.2) is 0 Å². The summed E-state index contributed by atoms with van der Waals surface area (Å²) >= 11 is 1.60. The fraction of sp³-hybridized carbons (Fsp3) is 0.0833. The normalized spacial score (nSPS) is 11.8. The van der Waals surface area contributed by atoms with Crippen molar-refractivity contribution in [1.29, 1.82) is 0 Å². The van der Waals surface area contributed by atoms with Crippen molar-refractivity contribution in [1.82, 2.24) is 9.97 Å². The summed E-state index contributed by atoms with van der Waals surface area (Å²) < 4.78 is 24.8. The molecular weight excluding hydrogens is 282 g/mol. The molecule has 0 radical (unpaired) electrons. The van der Waals surface area contributed by atoms with E-state index in [4.69, 9.17) is 0 Å². The van der Waals surface area contributed by atoms with Crippen LogP contribution in [-0.4, -0.2) is 24.6 Å². The maximum absolute atomic E-state index is 11.2. The van der Waals surface area contributed by atoms with E-state index in [1.807, 2.05) is 17.5 Å². The Hall–Kier alpha value is -1.86. The molecule has 2 aromatic heterocycles. The first-order valence-electron chi connectivity index (χ1n) is 5.53. The van der Waals surface area contributed by atoms with Crippen LogP contribution in [0, 0.1) is 0 Å². The lowest BCUT2D eigenvalue weighted by Gasteiger charge is -2.02. The van der Waals surface area contributed by atoms with Gasteiger partial charge in [0, 0.05) is 0 Å². The van der Waals surface area contributed by atoms with E-state index in [1.54, 1.807) is 29.5 Å². The summed E-state index contributed by atoms with van der Waals surface area (Å²) in [6, 6.07) is 9.17. The number of rotatable bonds is 3. The highest BCUT2D eigenvalue weighted by Crippen LogP contribution is 2.26. The number of aromatic nitrogens is 2. The van der Waals surface area contributed by atoms with Crippen LogP contribution in [0.3, 0.4) is 0 Å². The van der Waals surface area contributed by atoms with Crippen molar-refractivity contribution in [3.05, 3.63) is 35.7 Å². The van der Waals surface area contributed by atoms with Crippen LogP contribution in [0.5, 0.6) is 0 Å². The van der Waals surface area contributed by atoms with E-state index in [0.717, 1.165) is 28.0 Å². The lowest BCUT2D eigenvalue weighted by Crippen LogP contribution is -2.09. The van der Waals surface area contributed by atoms with Crippen LogP contribution < -0.4 is 4.72 Å². The molecule has 3 rings (SSSR count). The molecule has 0 aliphatic heterocycles. The second-order valence-electron chi connectivity index (χ2n) is 4.17. The van der Waals surface area contributed by atoms with Crippen molar-refractivity contribution in [3.8, 4) is 10.7 Å². The van der Waals surface area contributed by atoms with Crippen LogP contribution in [0.2, 0.25) is 0 Å². The first-order chi connectivity index (χ1) is 9.01. The first-order valence-corrected chi connectivity index (χ1v) is 8.30. The quantitative estimate of drug-likeness (QED) is 0.779. The number of aromatic amines is 1. The standard InChI is InChI=1S/C12H11N3O2S2/c1-19(16,17)15-8-4-5-9-10(7-8)14-12(13-9)11-3-2-6-18-11/h2-7,15H,1H3,(H,13,14). The van der Waals surface area contributed by atoms with Crippen molar-refractivity contribution in [2.24, 2.45) is 0 Å². The zero-order chi connectivity index (χ0) is 13.5. The Bertz CT molecular complexity index is 820. The largest absolute Gasteiger partial charge is 0.337 e. The van der Waals surface area contributed by atoms with Gasteiger partial charge in [0.05, 0.1) is 27.9 Å². The number of nitrogens with one attached hydrogen (secondary N) is 2. The number of anilines is 1. The molecule has 98 valence electrons. The molecule has 2 heterocycles. The van der Waals surface area contributed by atoms with Gasteiger partial charge in [-0.1, -0.05) is 6.07 Å². The van der Waals surface area contributed by atoms with Gasteiger partial charge < -0.3 is 4.98 Å². The van der Waals surface area contributed by atoms with Crippen LogP contribution in [0.1, 0.15) is 0 Å². The highest BCUT2D eigenvalue weighted by molar-refractivity contribution is 7.92. The van der Waals surface area contributed by atoms with Gasteiger partial charge in [0.25, 0.3) is 0 Å². The first kappa shape index (κ1) is 12.2. The third kappa shape index (κ3) is 2.61. The highest BCUT2D eigenvalue weighted by Gasteiger charge is 2.08. The Kier molecular flexibility index (Phi) is 2.79. The molecule has 0 aliphatic rings. The van der Waals surface area contributed by atoms with Crippen LogP contribution in [0.25, 0.3) is 21.7 Å². The summed E-state index contributed by atoms with van der Waals surface area (Å²) in [5, 5.41) is 1.99. The molecule has 3 aromatic rings. The van der Waals surface area contributed by atoms with Crippen LogP contribution in [0.4, 0.5) is 5.69 Å². The summed E-state index contributed by atoms with van der Waals surface area (Å²) in [7, 11) is -3.26. The summed E-state index contributed by atoms with van der Waals surface area (Å²) in [6.07, 6.45) is 1.13. The third-order valence-corrected chi connectivity index (χ3v) is 4.02. The fourth-order valence-electron chi connectivity index (χ4n) is 1.82. The van der Waals surface area contributed by atoms with Crippen molar-refractivity contribution < 1.29 is 8.42 Å². The minimum Gasteiger partial charge on any atom is -0.337 e. The number of thiophene rings is 1. The molecule has 0 unspecified atom stereocenters. The smallest absolute Gasteiger partial charge is 0.229 e. The van der Waals surface area contributed by atoms with Crippen LogP contribution in [-0.2, 0) is 10.0 Å². The molecule has 0 bridgehead atoms. The average molecular weight is 293 g/mol. The van der Waals surface area contributed by atoms with Gasteiger partial charge >= 0.3 is 0 Å². The molecule has 5 nitrogen and oxygen atoms in total. The van der Waals surface area contributed by atoms with E-state index < -0.39 is 10.0 Å². The predicted molar refractivity (Wildman–Crippen MR) is 77.9 cm³/mol. The maximum atomic E-state index is 11.2. The van der Waals surface area contributed by atoms with Crippen LogP contribution in [0.15, 0.2) is 35.7 Å². The number of hydrogen-bond donors (Lipinski definition) is 2. The van der Waals surface area contributed by atoms with E-state index in [-0.39, 0.29) is 0 Å². The minimum atomic E-state index is -3.26. The van der Waals surface area contributed by atoms with Crippen molar-refractivity contribution >= 4 is 38.1 Å². The van der Waals surface area contributed by atoms with Gasteiger partial charge in [-0.25, -0.2) is 13.4 Å². The van der Waals surface area contributed by atoms with Crippen molar-refractivity contribution in [3.63, 3.8) is 0 Å². The maximum Gasteiger partial charge on any atom is 0.229 e. The Labute approximate surface area is 114 Å². The highest BCUT2D eigenvalue weighted by atomic mass is 32.2. The van der Waals surface area contributed by atoms with Gasteiger partial charge in [-0.2, -0.15) is 0 Å². The van der Waals surface area contributed by atoms with E-state index in [9.17, 15) is 8.42 Å². The Morgan fingerprint density at radius 3 is 2.84 bits per heavy atom. The zero-order valence-corrected chi connectivity index (χ0v) is 11.7. The number of fused-ring (bicyclic) bond motifs is 1. The van der Waals surface area contributed by atoms with Gasteiger partial charge in [0.1, 0.15) is 5.82 Å². The summed E-state index contributed by atoms with van der Waals surface area (Å²) in [5.41, 5.74) is 2.14. The number of benzene rings is 1. The van der Waals surface area contributed by atoms with Gasteiger partial charge in [-0.05, 0) is 29.6 Å². The molecule has 0 atom stereocenters. The fourth-order valence-corrected chi connectivity index (χ4v) is 3.04. The topological polar surface area (TPSA) is 74.8 Å². The van der Waals surface area contributed by atoms with Crippen molar-refractivity contribution in [2.45, 2.75) is 0 Å². The molecule has 1 aromatic carbocycles. The average Bonchev–Trinajstić information content (AvgIpc) is 2.94. The van der Waals surface area contributed by atoms with Gasteiger partial charge in [-0.15, -0.1) is 11.3 Å². The second-order valence-corrected chi connectivity index (χ2v) is 6.87. The molecule has 0 fully saturated rings. The Balaban J connectivity index is 2.04. The molecule has 2 N–H and O–H groups in total. The summed E-state index contributed by atoms with van der Waals surface area (Å²) in [5.74, 6) is 0.793. The van der Waals surface area contributed by atoms with E-state index in [1.165, 1.54) is 0 Å². The zero-order valence-electron chi connectivity index (χ0n) is 10.0. The molecule has 0 saturated heterocycles. The lowest BCUT2D eigenvalue weighted by atomic mass is 10.3. The number of nitrogens with zero attached hydrogens (tertiary/aromatic N) is 1. The number of hydrogen-bond acceptors (Lipinski definition) is 4. The molecule has 0 spiro atoms. The molecule has 0 amide bonds. The molecule has 0 saturated carbocycles. The van der Waals surface area contributed by atoms with E-state index >= 15 is 0 Å². The van der Waals surface area contributed by atoms with Crippen LogP contribution >= 0.6 is 11.3 Å². The number of imidazole rings is 1. The van der Waals surface area contributed by atoms with Gasteiger partial charge in [-0.3, -0.25) is 4.72 Å². The summed E-state index contributed by atoms with van der Waals surface area (Å²) in [6.45, 7) is 0. The molecule has 19 heavy (non-hydrogen) atoms. The molecule has 0 aliphatic carbocycles. The summed E-state index contributed by atoms with van der Waals surface area (Å²) in [4.78, 5) is 8.71. The Morgan fingerprint density at radius 1 is 1.32 bits per heavy atom. The minimum absolute atomic E-state index is 0.524. The molecular formula is C12H11N3O2S2. The lowest BCUT2D eigenvalue weighted by molar-refractivity contribution is 0.607. The monoisotopic (exact) mass is 293 g/mol. The van der Waals surface area contributed by atoms with E-state index in [2.05, 4.69) is 14.7 Å². The predicted octanol–water partition coefficient (Wildman–Crippen LogP) is 2.66. The van der Waals surface area contributed by atoms with E-state index in [0.29, 0.717) is 5.69 Å². The number of H-pyrrole nitrogens is 1. The molecule has 7 heteroatoms. The van der Waals surface area contributed by atoms with Gasteiger partial charge in [0.2, 0.25) is 10.0 Å². The second kappa shape index (κ2) is 4.36. The number of sulfonamides is 1. The third-order valence-electron chi connectivity index (χ3n) is 2.54. The SMILES string of the molecule is CS(=O)(=O)Nc1ccc2nc(-c3cccs3)[nH]c2c1.